The van der Waals surface area contributed by atoms with Gasteiger partial charge in [-0.25, -0.2) is 4.39 Å². The quantitative estimate of drug-likeness (QED) is 0.719. The lowest BCUT2D eigenvalue weighted by atomic mass is 9.82. The molecule has 1 fully saturated rings. The Bertz CT molecular complexity index is 397. The minimum absolute atomic E-state index is 0.206. The molecule has 0 aromatic heterocycles. The number of benzene rings is 1. The van der Waals surface area contributed by atoms with Gasteiger partial charge in [-0.05, 0) is 49.3 Å². The van der Waals surface area contributed by atoms with Crippen molar-refractivity contribution in [2.75, 3.05) is 0 Å². The number of halogens is 2. The van der Waals surface area contributed by atoms with Gasteiger partial charge in [0.15, 0.2) is 0 Å². The van der Waals surface area contributed by atoms with Crippen LogP contribution in [0.25, 0.3) is 0 Å². The molecule has 0 aliphatic heterocycles. The zero-order chi connectivity index (χ0) is 13.1. The molecule has 0 radical (unpaired) electrons. The molecule has 0 spiro atoms. The van der Waals surface area contributed by atoms with E-state index in [0.717, 1.165) is 24.2 Å². The van der Waals surface area contributed by atoms with Gasteiger partial charge in [0.2, 0.25) is 0 Å². The maximum Gasteiger partial charge on any atom is 0.123 e. The molecule has 1 aliphatic carbocycles. The fourth-order valence-electron chi connectivity index (χ4n) is 2.92. The van der Waals surface area contributed by atoms with Crippen molar-refractivity contribution in [1.29, 1.82) is 0 Å². The average Bonchev–Trinajstić information content (AvgIpc) is 2.30. The van der Waals surface area contributed by atoms with Crippen LogP contribution in [0.15, 0.2) is 18.2 Å². The summed E-state index contributed by atoms with van der Waals surface area (Å²) in [5.74, 6) is 2.04. The van der Waals surface area contributed by atoms with Crippen LogP contribution < -0.4 is 4.74 Å². The van der Waals surface area contributed by atoms with E-state index in [1.807, 2.05) is 0 Å². The normalized spacial score (nSPS) is 28.1. The van der Waals surface area contributed by atoms with Crippen LogP contribution in [0.4, 0.5) is 4.39 Å². The van der Waals surface area contributed by atoms with E-state index in [2.05, 4.69) is 29.8 Å². The molecule has 2 unspecified atom stereocenters. The molecule has 0 heterocycles. The fourth-order valence-corrected chi connectivity index (χ4v) is 3.35. The monoisotopic (exact) mass is 314 g/mol. The Labute approximate surface area is 117 Å². The van der Waals surface area contributed by atoms with Gasteiger partial charge in [-0.1, -0.05) is 29.8 Å². The topological polar surface area (TPSA) is 9.23 Å². The van der Waals surface area contributed by atoms with Crippen molar-refractivity contribution in [2.24, 2.45) is 11.8 Å². The number of alkyl halides is 1. The van der Waals surface area contributed by atoms with E-state index in [-0.39, 0.29) is 11.9 Å². The number of hydrogen-bond acceptors (Lipinski definition) is 1. The van der Waals surface area contributed by atoms with Crippen LogP contribution in [0.5, 0.6) is 5.75 Å². The van der Waals surface area contributed by atoms with Gasteiger partial charge in [0.1, 0.15) is 11.6 Å². The summed E-state index contributed by atoms with van der Waals surface area (Å²) in [4.78, 5) is 0. The summed E-state index contributed by atoms with van der Waals surface area (Å²) in [7, 11) is 0. The van der Waals surface area contributed by atoms with E-state index in [0.29, 0.717) is 17.2 Å². The average molecular weight is 315 g/mol. The molecule has 1 saturated carbocycles. The Kier molecular flexibility index (Phi) is 4.66. The summed E-state index contributed by atoms with van der Waals surface area (Å²) < 4.78 is 19.2. The highest BCUT2D eigenvalue weighted by Gasteiger charge is 2.25. The van der Waals surface area contributed by atoms with Crippen molar-refractivity contribution in [3.8, 4) is 5.75 Å². The Morgan fingerprint density at radius 3 is 2.50 bits per heavy atom. The first-order valence-electron chi connectivity index (χ1n) is 6.59. The van der Waals surface area contributed by atoms with Crippen LogP contribution in [0, 0.1) is 17.7 Å². The molecule has 2 atom stereocenters. The molecule has 2 rings (SSSR count). The molecular formula is C15H20BrFO. The Morgan fingerprint density at radius 2 is 1.89 bits per heavy atom. The molecule has 100 valence electrons. The first-order chi connectivity index (χ1) is 8.58. The zero-order valence-corrected chi connectivity index (χ0v) is 12.5. The summed E-state index contributed by atoms with van der Waals surface area (Å²) in [5, 5.41) is 0.623. The predicted molar refractivity (Wildman–Crippen MR) is 75.6 cm³/mol. The minimum Gasteiger partial charge on any atom is -0.490 e. The Morgan fingerprint density at radius 1 is 1.22 bits per heavy atom. The minimum atomic E-state index is -0.206. The summed E-state index contributed by atoms with van der Waals surface area (Å²) >= 11 is 3.38. The fraction of sp³-hybridized carbons (Fsp3) is 0.600. The van der Waals surface area contributed by atoms with Crippen LogP contribution in [-0.2, 0) is 5.33 Å². The highest BCUT2D eigenvalue weighted by atomic mass is 79.9. The second kappa shape index (κ2) is 6.05. The van der Waals surface area contributed by atoms with Crippen molar-refractivity contribution < 1.29 is 9.13 Å². The molecule has 0 bridgehead atoms. The van der Waals surface area contributed by atoms with Gasteiger partial charge >= 0.3 is 0 Å². The molecule has 1 aliphatic rings. The van der Waals surface area contributed by atoms with Crippen LogP contribution in [-0.4, -0.2) is 6.10 Å². The highest BCUT2D eigenvalue weighted by Crippen LogP contribution is 2.32. The van der Waals surface area contributed by atoms with Crippen molar-refractivity contribution in [3.05, 3.63) is 29.6 Å². The van der Waals surface area contributed by atoms with E-state index in [1.165, 1.54) is 12.5 Å². The van der Waals surface area contributed by atoms with Crippen LogP contribution in [0.2, 0.25) is 0 Å². The SMILES string of the molecule is CC1CC(C)CC(Oc2ccc(F)cc2CBr)C1. The first-order valence-corrected chi connectivity index (χ1v) is 7.71. The zero-order valence-electron chi connectivity index (χ0n) is 11.0. The van der Waals surface area contributed by atoms with Crippen molar-refractivity contribution in [1.82, 2.24) is 0 Å². The lowest BCUT2D eigenvalue weighted by Gasteiger charge is -2.32. The lowest BCUT2D eigenvalue weighted by Crippen LogP contribution is -2.28. The van der Waals surface area contributed by atoms with Gasteiger partial charge in [0.05, 0.1) is 6.10 Å². The van der Waals surface area contributed by atoms with Crippen molar-refractivity contribution >= 4 is 15.9 Å². The summed E-state index contributed by atoms with van der Waals surface area (Å²) in [6.45, 7) is 4.56. The smallest absolute Gasteiger partial charge is 0.123 e. The largest absolute Gasteiger partial charge is 0.490 e. The molecule has 3 heteroatoms. The van der Waals surface area contributed by atoms with Gasteiger partial charge < -0.3 is 4.74 Å². The van der Waals surface area contributed by atoms with E-state index in [4.69, 9.17) is 4.74 Å². The standard InChI is InChI=1S/C15H20BrFO/c1-10-5-11(2)7-14(6-10)18-15-4-3-13(17)8-12(15)9-16/h3-4,8,10-11,14H,5-7,9H2,1-2H3. The molecule has 1 aromatic carbocycles. The maximum atomic E-state index is 13.2. The Hall–Kier alpha value is -0.570. The molecule has 0 saturated heterocycles. The molecule has 1 aromatic rings. The Balaban J connectivity index is 2.08. The van der Waals surface area contributed by atoms with Gasteiger partial charge in [0, 0.05) is 10.9 Å². The van der Waals surface area contributed by atoms with Crippen molar-refractivity contribution in [2.45, 2.75) is 44.5 Å². The third-order valence-electron chi connectivity index (χ3n) is 3.60. The number of hydrogen-bond donors (Lipinski definition) is 0. The molecule has 0 N–H and O–H groups in total. The van der Waals surface area contributed by atoms with E-state index in [9.17, 15) is 4.39 Å². The van der Waals surface area contributed by atoms with E-state index < -0.39 is 0 Å². The summed E-state index contributed by atoms with van der Waals surface area (Å²) in [6.07, 6.45) is 3.76. The first kappa shape index (κ1) is 13.9. The third kappa shape index (κ3) is 3.47. The van der Waals surface area contributed by atoms with Gasteiger partial charge in [-0.3, -0.25) is 0 Å². The van der Waals surface area contributed by atoms with Crippen LogP contribution >= 0.6 is 15.9 Å². The van der Waals surface area contributed by atoms with E-state index >= 15 is 0 Å². The number of rotatable bonds is 3. The summed E-state index contributed by atoms with van der Waals surface area (Å²) in [5.41, 5.74) is 0.890. The third-order valence-corrected chi connectivity index (χ3v) is 4.20. The molecular weight excluding hydrogens is 295 g/mol. The maximum absolute atomic E-state index is 13.2. The van der Waals surface area contributed by atoms with Gasteiger partial charge in [0.25, 0.3) is 0 Å². The second-order valence-electron chi connectivity index (χ2n) is 5.54. The molecule has 0 amide bonds. The highest BCUT2D eigenvalue weighted by molar-refractivity contribution is 9.08. The number of ether oxygens (including phenoxy) is 1. The van der Waals surface area contributed by atoms with Crippen LogP contribution in [0.1, 0.15) is 38.7 Å². The predicted octanol–water partition coefficient (Wildman–Crippen LogP) is 4.92. The molecule has 1 nitrogen and oxygen atoms in total. The van der Waals surface area contributed by atoms with E-state index in [1.54, 1.807) is 12.1 Å². The van der Waals surface area contributed by atoms with Crippen LogP contribution in [0.3, 0.4) is 0 Å². The summed E-state index contributed by atoms with van der Waals surface area (Å²) in [6, 6.07) is 4.76. The molecule has 18 heavy (non-hydrogen) atoms. The lowest BCUT2D eigenvalue weighted by molar-refractivity contribution is 0.100. The van der Waals surface area contributed by atoms with Crippen molar-refractivity contribution in [3.63, 3.8) is 0 Å². The second-order valence-corrected chi connectivity index (χ2v) is 6.10. The van der Waals surface area contributed by atoms with Gasteiger partial charge in [-0.15, -0.1) is 0 Å². The van der Waals surface area contributed by atoms with Gasteiger partial charge in [-0.2, -0.15) is 0 Å².